The number of imide groups is 1. The van der Waals surface area contributed by atoms with Gasteiger partial charge in [-0.1, -0.05) is 19.3 Å². The molecule has 0 bridgehead atoms. The molecule has 0 aromatic carbocycles. The van der Waals surface area contributed by atoms with E-state index >= 15 is 0 Å². The lowest BCUT2D eigenvalue weighted by Gasteiger charge is -2.23. The summed E-state index contributed by atoms with van der Waals surface area (Å²) in [5, 5.41) is 7.31. The molecule has 0 saturated heterocycles. The van der Waals surface area contributed by atoms with Gasteiger partial charge in [-0.2, -0.15) is 0 Å². The van der Waals surface area contributed by atoms with Crippen molar-refractivity contribution in [2.24, 2.45) is 0 Å². The second-order valence-electron chi connectivity index (χ2n) is 6.55. The predicted octanol–water partition coefficient (Wildman–Crippen LogP) is 1.49. The second kappa shape index (κ2) is 9.75. The van der Waals surface area contributed by atoms with Crippen molar-refractivity contribution in [1.29, 1.82) is 0 Å². The van der Waals surface area contributed by atoms with E-state index in [2.05, 4.69) is 16.0 Å². The highest BCUT2D eigenvalue weighted by molar-refractivity contribution is 5.98. The molecule has 2 rings (SSSR count). The summed E-state index contributed by atoms with van der Waals surface area (Å²) in [5.74, 6) is -2.06. The van der Waals surface area contributed by atoms with Crippen molar-refractivity contribution >= 4 is 23.8 Å². The van der Waals surface area contributed by atoms with Gasteiger partial charge >= 0.3 is 12.0 Å². The standard InChI is InChI=1S/C18H25N3O6/c1-11(19-16(23)14-9-6-10-26-14)17(24)27-12(2)15(22)21-18(25)20-13-7-4-3-5-8-13/h6,9-13H,3-5,7-8H2,1-2H3,(H,19,23)(H2,20,21,22,25)/t11-,12-/m0/s1. The molecule has 1 aromatic heterocycles. The van der Waals surface area contributed by atoms with E-state index < -0.39 is 36.0 Å². The molecule has 1 aliphatic rings. The van der Waals surface area contributed by atoms with Crippen molar-refractivity contribution in [2.45, 2.75) is 64.1 Å². The molecule has 148 valence electrons. The fraction of sp³-hybridized carbons (Fsp3) is 0.556. The lowest BCUT2D eigenvalue weighted by atomic mass is 9.96. The van der Waals surface area contributed by atoms with E-state index in [-0.39, 0.29) is 11.8 Å². The molecule has 1 saturated carbocycles. The minimum absolute atomic E-state index is 0.0554. The topological polar surface area (TPSA) is 127 Å². The molecule has 1 aromatic rings. The first-order valence-electron chi connectivity index (χ1n) is 9.03. The maximum Gasteiger partial charge on any atom is 0.329 e. The normalized spacial score (nSPS) is 16.7. The van der Waals surface area contributed by atoms with Crippen molar-refractivity contribution in [1.82, 2.24) is 16.0 Å². The van der Waals surface area contributed by atoms with Gasteiger partial charge in [0.05, 0.1) is 6.26 Å². The quantitative estimate of drug-likeness (QED) is 0.643. The van der Waals surface area contributed by atoms with Crippen molar-refractivity contribution in [3.05, 3.63) is 24.2 Å². The molecule has 2 atom stereocenters. The second-order valence-corrected chi connectivity index (χ2v) is 6.55. The van der Waals surface area contributed by atoms with Crippen LogP contribution in [-0.4, -0.2) is 42.0 Å². The number of urea groups is 1. The molecular weight excluding hydrogens is 354 g/mol. The molecule has 0 radical (unpaired) electrons. The number of esters is 1. The molecule has 4 amide bonds. The molecule has 27 heavy (non-hydrogen) atoms. The van der Waals surface area contributed by atoms with Gasteiger partial charge in [-0.3, -0.25) is 14.9 Å². The van der Waals surface area contributed by atoms with E-state index in [0.717, 1.165) is 32.1 Å². The molecule has 1 heterocycles. The molecule has 9 heteroatoms. The molecule has 9 nitrogen and oxygen atoms in total. The number of carbonyl (C=O) groups is 4. The largest absolute Gasteiger partial charge is 0.459 e. The van der Waals surface area contributed by atoms with Gasteiger partial charge in [-0.15, -0.1) is 0 Å². The van der Waals surface area contributed by atoms with Crippen molar-refractivity contribution in [2.75, 3.05) is 0 Å². The number of furan rings is 1. The number of hydrogen-bond acceptors (Lipinski definition) is 6. The van der Waals surface area contributed by atoms with Crippen LogP contribution in [0.5, 0.6) is 0 Å². The highest BCUT2D eigenvalue weighted by Crippen LogP contribution is 2.17. The van der Waals surface area contributed by atoms with Crippen LogP contribution in [0.3, 0.4) is 0 Å². The lowest BCUT2D eigenvalue weighted by Crippen LogP contribution is -2.49. The third kappa shape index (κ3) is 6.43. The lowest BCUT2D eigenvalue weighted by molar-refractivity contribution is -0.155. The smallest absolute Gasteiger partial charge is 0.329 e. The minimum atomic E-state index is -1.18. The van der Waals surface area contributed by atoms with Crippen molar-refractivity contribution in [3.8, 4) is 0 Å². The Kier molecular flexibility index (Phi) is 7.39. The van der Waals surface area contributed by atoms with Crippen LogP contribution < -0.4 is 16.0 Å². The minimum Gasteiger partial charge on any atom is -0.459 e. The Hall–Kier alpha value is -2.84. The zero-order valence-electron chi connectivity index (χ0n) is 15.4. The zero-order chi connectivity index (χ0) is 19.8. The van der Waals surface area contributed by atoms with E-state index in [1.807, 2.05) is 0 Å². The van der Waals surface area contributed by atoms with E-state index in [1.165, 1.54) is 26.2 Å². The number of amides is 4. The van der Waals surface area contributed by atoms with Crippen LogP contribution in [0.15, 0.2) is 22.8 Å². The van der Waals surface area contributed by atoms with E-state index in [0.29, 0.717) is 0 Å². The highest BCUT2D eigenvalue weighted by Gasteiger charge is 2.25. The van der Waals surface area contributed by atoms with Gasteiger partial charge in [-0.25, -0.2) is 9.59 Å². The Labute approximate surface area is 157 Å². The van der Waals surface area contributed by atoms with Crippen LogP contribution >= 0.6 is 0 Å². The van der Waals surface area contributed by atoms with Crippen LogP contribution in [0.4, 0.5) is 4.79 Å². The van der Waals surface area contributed by atoms with Crippen molar-refractivity contribution in [3.63, 3.8) is 0 Å². The summed E-state index contributed by atoms with van der Waals surface area (Å²) >= 11 is 0. The number of ether oxygens (including phenoxy) is 1. The average Bonchev–Trinajstić information content (AvgIpc) is 3.17. The van der Waals surface area contributed by atoms with Gasteiger partial charge in [0.1, 0.15) is 6.04 Å². The highest BCUT2D eigenvalue weighted by atomic mass is 16.5. The number of nitrogens with one attached hydrogen (secondary N) is 3. The van der Waals surface area contributed by atoms with Gasteiger partial charge in [0, 0.05) is 6.04 Å². The Bertz CT molecular complexity index is 667. The maximum absolute atomic E-state index is 12.0. The summed E-state index contributed by atoms with van der Waals surface area (Å²) in [7, 11) is 0. The SMILES string of the molecule is C[C@H](NC(=O)c1ccco1)C(=O)O[C@@H](C)C(=O)NC(=O)NC1CCCCC1. The van der Waals surface area contributed by atoms with Gasteiger partial charge in [-0.05, 0) is 38.8 Å². The average molecular weight is 379 g/mol. The fourth-order valence-corrected chi connectivity index (χ4v) is 2.75. The Morgan fingerprint density at radius 1 is 1.15 bits per heavy atom. The van der Waals surface area contributed by atoms with Crippen molar-refractivity contribution < 1.29 is 28.3 Å². The van der Waals surface area contributed by atoms with E-state index in [9.17, 15) is 19.2 Å². The fourth-order valence-electron chi connectivity index (χ4n) is 2.75. The van der Waals surface area contributed by atoms with Crippen LogP contribution in [0.1, 0.15) is 56.5 Å². The first-order valence-corrected chi connectivity index (χ1v) is 9.03. The predicted molar refractivity (Wildman–Crippen MR) is 94.7 cm³/mol. The number of hydrogen-bond donors (Lipinski definition) is 3. The van der Waals surface area contributed by atoms with Crippen LogP contribution in [0.2, 0.25) is 0 Å². The Morgan fingerprint density at radius 2 is 1.85 bits per heavy atom. The maximum atomic E-state index is 12.0. The summed E-state index contributed by atoms with van der Waals surface area (Å²) in [5.41, 5.74) is 0. The first kappa shape index (κ1) is 20.5. The summed E-state index contributed by atoms with van der Waals surface area (Å²) in [6.45, 7) is 2.77. The summed E-state index contributed by atoms with van der Waals surface area (Å²) in [6, 6.07) is 1.46. The monoisotopic (exact) mass is 379 g/mol. The number of carbonyl (C=O) groups excluding carboxylic acids is 4. The van der Waals surface area contributed by atoms with Gasteiger partial charge in [0.2, 0.25) is 0 Å². The molecular formula is C18H25N3O6. The molecule has 3 N–H and O–H groups in total. The molecule has 0 spiro atoms. The zero-order valence-corrected chi connectivity index (χ0v) is 15.4. The Balaban J connectivity index is 1.74. The molecule has 0 aliphatic heterocycles. The van der Waals surface area contributed by atoms with E-state index in [4.69, 9.17) is 9.15 Å². The first-order chi connectivity index (χ1) is 12.9. The Morgan fingerprint density at radius 3 is 2.48 bits per heavy atom. The number of rotatable bonds is 6. The molecule has 1 aliphatic carbocycles. The molecule has 0 unspecified atom stereocenters. The van der Waals surface area contributed by atoms with Gasteiger partial charge in [0.15, 0.2) is 11.9 Å². The van der Waals surface area contributed by atoms with Gasteiger partial charge < -0.3 is 19.8 Å². The third-order valence-electron chi connectivity index (χ3n) is 4.29. The van der Waals surface area contributed by atoms with E-state index in [1.54, 1.807) is 6.07 Å². The molecule has 1 fully saturated rings. The summed E-state index contributed by atoms with van der Waals surface area (Å²) in [4.78, 5) is 47.7. The van der Waals surface area contributed by atoms with Crippen LogP contribution in [0.25, 0.3) is 0 Å². The van der Waals surface area contributed by atoms with Gasteiger partial charge in [0.25, 0.3) is 11.8 Å². The van der Waals surface area contributed by atoms with Crippen LogP contribution in [0, 0.1) is 0 Å². The third-order valence-corrected chi connectivity index (χ3v) is 4.29. The van der Waals surface area contributed by atoms with Crippen LogP contribution in [-0.2, 0) is 14.3 Å². The summed E-state index contributed by atoms with van der Waals surface area (Å²) < 4.78 is 9.94. The summed E-state index contributed by atoms with van der Waals surface area (Å²) in [6.07, 6.45) is 5.18.